The normalized spacial score (nSPS) is 19.9. The smallest absolute Gasteiger partial charge is 0.230 e. The van der Waals surface area contributed by atoms with Gasteiger partial charge in [-0.05, 0) is 18.6 Å². The Hall–Kier alpha value is -1.65. The summed E-state index contributed by atoms with van der Waals surface area (Å²) in [5, 5.41) is 11.7. The number of hydrogen-bond donors (Lipinski definition) is 1. The van der Waals surface area contributed by atoms with E-state index in [1.165, 1.54) is 11.8 Å². The molecule has 0 radical (unpaired) electrons. The highest BCUT2D eigenvalue weighted by atomic mass is 32.2. The molecule has 1 aliphatic rings. The zero-order valence-corrected chi connectivity index (χ0v) is 15.0. The van der Waals surface area contributed by atoms with E-state index >= 15 is 0 Å². The molecule has 0 saturated carbocycles. The van der Waals surface area contributed by atoms with Gasteiger partial charge in [0.15, 0.2) is 15.0 Å². The number of carbonyl (C=O) groups is 1. The van der Waals surface area contributed by atoms with E-state index in [0.717, 1.165) is 15.2 Å². The third kappa shape index (κ3) is 3.01. The first-order valence-electron chi connectivity index (χ1n) is 7.37. The molecule has 10 heteroatoms. The second-order valence-electron chi connectivity index (χ2n) is 5.63. The molecule has 3 aromatic rings. The molecule has 1 aliphatic heterocycles. The number of thiazole rings is 1. The molecule has 1 atom stereocenters. The number of aromatic nitrogens is 3. The van der Waals surface area contributed by atoms with Crippen molar-refractivity contribution < 1.29 is 13.2 Å². The van der Waals surface area contributed by atoms with E-state index in [4.69, 9.17) is 0 Å². The summed E-state index contributed by atoms with van der Waals surface area (Å²) in [5.41, 5.74) is 1.02. The molecular weight excluding hydrogens is 368 g/mol. The van der Waals surface area contributed by atoms with Crippen LogP contribution in [0.25, 0.3) is 15.2 Å². The summed E-state index contributed by atoms with van der Waals surface area (Å²) in [6, 6.07) is 7.67. The van der Waals surface area contributed by atoms with Crippen molar-refractivity contribution in [1.29, 1.82) is 0 Å². The predicted octanol–water partition coefficient (Wildman–Crippen LogP) is 1.34. The van der Waals surface area contributed by atoms with Crippen molar-refractivity contribution in [3.05, 3.63) is 24.3 Å². The van der Waals surface area contributed by atoms with Gasteiger partial charge in [0.25, 0.3) is 0 Å². The molecule has 126 valence electrons. The third-order valence-electron chi connectivity index (χ3n) is 3.84. The Balaban J connectivity index is 1.46. The zero-order chi connectivity index (χ0) is 16.7. The molecule has 4 rings (SSSR count). The summed E-state index contributed by atoms with van der Waals surface area (Å²) in [6.45, 7) is 0. The minimum atomic E-state index is -2.99. The topological polar surface area (TPSA) is 93.4 Å². The summed E-state index contributed by atoms with van der Waals surface area (Å²) in [4.78, 5) is 12.9. The molecule has 7 nitrogen and oxygen atoms in total. The Morgan fingerprint density at radius 3 is 3.00 bits per heavy atom. The number of benzene rings is 1. The van der Waals surface area contributed by atoms with Crippen molar-refractivity contribution in [2.24, 2.45) is 0 Å². The molecule has 1 saturated heterocycles. The zero-order valence-electron chi connectivity index (χ0n) is 12.5. The molecule has 0 aliphatic carbocycles. The third-order valence-corrected chi connectivity index (χ3v) is 7.55. The Kier molecular flexibility index (Phi) is 3.97. The molecular formula is C14H14N4O3S3. The van der Waals surface area contributed by atoms with Crippen molar-refractivity contribution in [3.8, 4) is 0 Å². The van der Waals surface area contributed by atoms with E-state index in [9.17, 15) is 13.2 Å². The Labute approximate surface area is 146 Å². The number of rotatable bonds is 4. The molecule has 1 aromatic carbocycles. The number of hydrogen-bond acceptors (Lipinski definition) is 7. The molecule has 1 amide bonds. The van der Waals surface area contributed by atoms with E-state index in [2.05, 4.69) is 15.5 Å². The number of para-hydroxylation sites is 1. The maximum absolute atomic E-state index is 12.1. The number of nitrogens with zero attached hydrogens (tertiary/aromatic N) is 3. The molecule has 3 heterocycles. The largest absolute Gasteiger partial charge is 0.352 e. The quantitative estimate of drug-likeness (QED) is 0.685. The van der Waals surface area contributed by atoms with Crippen LogP contribution in [0.5, 0.6) is 0 Å². The van der Waals surface area contributed by atoms with Gasteiger partial charge in [0.2, 0.25) is 10.9 Å². The van der Waals surface area contributed by atoms with Gasteiger partial charge in [-0.2, -0.15) is 0 Å². The van der Waals surface area contributed by atoms with Gasteiger partial charge in [-0.15, -0.1) is 10.2 Å². The number of thioether (sulfide) groups is 1. The van der Waals surface area contributed by atoms with Crippen LogP contribution in [0.2, 0.25) is 0 Å². The maximum atomic E-state index is 12.1. The Morgan fingerprint density at radius 2 is 2.21 bits per heavy atom. The van der Waals surface area contributed by atoms with Gasteiger partial charge in [0.05, 0.1) is 27.5 Å². The lowest BCUT2D eigenvalue weighted by atomic mass is 10.3. The first kappa shape index (κ1) is 15.9. The second kappa shape index (κ2) is 6.01. The average molecular weight is 382 g/mol. The minimum absolute atomic E-state index is 0.0355. The van der Waals surface area contributed by atoms with E-state index in [-0.39, 0.29) is 29.2 Å². The first-order chi connectivity index (χ1) is 11.5. The lowest BCUT2D eigenvalue weighted by Crippen LogP contribution is -2.36. The Bertz CT molecular complexity index is 1020. The van der Waals surface area contributed by atoms with Crippen LogP contribution in [0.3, 0.4) is 0 Å². The molecule has 0 spiro atoms. The number of carbonyl (C=O) groups excluding carboxylic acids is 1. The minimum Gasteiger partial charge on any atom is -0.352 e. The summed E-state index contributed by atoms with van der Waals surface area (Å²) in [7, 11) is -2.99. The fraction of sp³-hybridized carbons (Fsp3) is 0.357. The van der Waals surface area contributed by atoms with Crippen LogP contribution in [0.1, 0.15) is 6.42 Å². The molecule has 2 aromatic heterocycles. The number of nitrogens with one attached hydrogen (secondary N) is 1. The van der Waals surface area contributed by atoms with Crippen LogP contribution in [0.15, 0.2) is 29.4 Å². The number of amides is 1. The van der Waals surface area contributed by atoms with Crippen LogP contribution < -0.4 is 5.32 Å². The maximum Gasteiger partial charge on any atom is 0.230 e. The van der Waals surface area contributed by atoms with Crippen molar-refractivity contribution in [3.63, 3.8) is 0 Å². The van der Waals surface area contributed by atoms with Crippen LogP contribution in [0, 0.1) is 0 Å². The van der Waals surface area contributed by atoms with E-state index < -0.39 is 9.84 Å². The summed E-state index contributed by atoms with van der Waals surface area (Å²) in [5.74, 6) is 0.185. The van der Waals surface area contributed by atoms with Crippen molar-refractivity contribution in [2.45, 2.75) is 17.6 Å². The number of fused-ring (bicyclic) bond motifs is 3. The highest BCUT2D eigenvalue weighted by molar-refractivity contribution is 7.99. The number of sulfone groups is 1. The van der Waals surface area contributed by atoms with Gasteiger partial charge in [0, 0.05) is 6.04 Å². The van der Waals surface area contributed by atoms with Gasteiger partial charge in [-0.25, -0.2) is 8.42 Å². The highest BCUT2D eigenvalue weighted by Crippen LogP contribution is 2.29. The van der Waals surface area contributed by atoms with Crippen LogP contribution in [0.4, 0.5) is 0 Å². The Morgan fingerprint density at radius 1 is 1.38 bits per heavy atom. The van der Waals surface area contributed by atoms with Crippen molar-refractivity contribution >= 4 is 54.0 Å². The first-order valence-corrected chi connectivity index (χ1v) is 11.0. The fourth-order valence-corrected chi connectivity index (χ4v) is 6.21. The fourth-order valence-electron chi connectivity index (χ4n) is 2.76. The van der Waals surface area contributed by atoms with Crippen molar-refractivity contribution in [2.75, 3.05) is 17.3 Å². The average Bonchev–Trinajstić information content (AvgIpc) is 3.18. The van der Waals surface area contributed by atoms with Crippen LogP contribution >= 0.6 is 23.1 Å². The second-order valence-corrected chi connectivity index (χ2v) is 9.81. The predicted molar refractivity (Wildman–Crippen MR) is 94.3 cm³/mol. The van der Waals surface area contributed by atoms with Gasteiger partial charge in [-0.3, -0.25) is 9.20 Å². The van der Waals surface area contributed by atoms with E-state index in [0.29, 0.717) is 11.6 Å². The molecule has 0 bridgehead atoms. The van der Waals surface area contributed by atoms with Gasteiger partial charge < -0.3 is 5.32 Å². The molecule has 24 heavy (non-hydrogen) atoms. The molecule has 1 unspecified atom stereocenters. The molecule has 1 N–H and O–H groups in total. The van der Waals surface area contributed by atoms with Gasteiger partial charge >= 0.3 is 0 Å². The van der Waals surface area contributed by atoms with Gasteiger partial charge in [-0.1, -0.05) is 35.2 Å². The lowest BCUT2D eigenvalue weighted by molar-refractivity contribution is -0.119. The lowest BCUT2D eigenvalue weighted by Gasteiger charge is -2.09. The summed E-state index contributed by atoms with van der Waals surface area (Å²) < 4.78 is 25.9. The van der Waals surface area contributed by atoms with Crippen LogP contribution in [-0.2, 0) is 14.6 Å². The van der Waals surface area contributed by atoms with E-state index in [1.54, 1.807) is 11.3 Å². The summed E-state index contributed by atoms with van der Waals surface area (Å²) >= 11 is 2.85. The van der Waals surface area contributed by atoms with E-state index in [1.807, 2.05) is 28.7 Å². The van der Waals surface area contributed by atoms with Crippen LogP contribution in [-0.4, -0.2) is 52.2 Å². The molecule has 1 fully saturated rings. The summed E-state index contributed by atoms with van der Waals surface area (Å²) in [6.07, 6.45) is 0.489. The highest BCUT2D eigenvalue weighted by Gasteiger charge is 2.28. The SMILES string of the molecule is O=C(CSc1nnc2sc3ccccc3n12)NC1CCS(=O)(=O)C1. The monoisotopic (exact) mass is 382 g/mol. The standard InChI is InChI=1S/C14H14N4O3S3/c19-12(15-9-5-6-24(20,21)8-9)7-22-13-16-17-14-18(13)10-3-1-2-4-11(10)23-14/h1-4,9H,5-8H2,(H,15,19). The van der Waals surface area contributed by atoms with Gasteiger partial charge in [0.1, 0.15) is 0 Å². The van der Waals surface area contributed by atoms with Crippen molar-refractivity contribution in [1.82, 2.24) is 19.9 Å².